The predicted molar refractivity (Wildman–Crippen MR) is 70.1 cm³/mol. The Balaban J connectivity index is 1.89. The molecule has 2 aromatic rings. The number of likely N-dealkylation sites (N-methyl/N-ethyl adjacent to an activating group) is 1. The van der Waals surface area contributed by atoms with E-state index in [1.165, 1.54) is 0 Å². The standard InChI is InChI=1S/C13H16N4O/c1-14-13(18)6-10-2-4-11(5-3-10)16-8-12-7-15-9-17-12/h2-5,7,9,16H,6,8H2,1H3,(H,14,18)(H,15,17). The van der Waals surface area contributed by atoms with Gasteiger partial charge in [0.15, 0.2) is 0 Å². The van der Waals surface area contributed by atoms with Crippen molar-refractivity contribution >= 4 is 11.6 Å². The highest BCUT2D eigenvalue weighted by Gasteiger charge is 2.00. The van der Waals surface area contributed by atoms with Crippen LogP contribution >= 0.6 is 0 Å². The first-order valence-electron chi connectivity index (χ1n) is 5.78. The Hall–Kier alpha value is -2.30. The van der Waals surface area contributed by atoms with E-state index in [4.69, 9.17) is 0 Å². The third-order valence-electron chi connectivity index (χ3n) is 2.64. The molecule has 0 fully saturated rings. The summed E-state index contributed by atoms with van der Waals surface area (Å²) in [6.45, 7) is 0.703. The third kappa shape index (κ3) is 3.35. The lowest BCUT2D eigenvalue weighted by Crippen LogP contribution is -2.19. The van der Waals surface area contributed by atoms with E-state index in [2.05, 4.69) is 20.6 Å². The molecule has 0 unspecified atom stereocenters. The quantitative estimate of drug-likeness (QED) is 0.742. The van der Waals surface area contributed by atoms with Crippen LogP contribution in [-0.4, -0.2) is 22.9 Å². The molecule has 2 rings (SSSR count). The Morgan fingerprint density at radius 1 is 1.33 bits per heavy atom. The van der Waals surface area contributed by atoms with Crippen molar-refractivity contribution < 1.29 is 4.79 Å². The van der Waals surface area contributed by atoms with E-state index in [-0.39, 0.29) is 5.91 Å². The summed E-state index contributed by atoms with van der Waals surface area (Å²) in [5.41, 5.74) is 3.05. The smallest absolute Gasteiger partial charge is 0.224 e. The summed E-state index contributed by atoms with van der Waals surface area (Å²) in [5.74, 6) is 0.0215. The monoisotopic (exact) mass is 244 g/mol. The molecule has 3 N–H and O–H groups in total. The molecular formula is C13H16N4O. The number of hydrogen-bond acceptors (Lipinski definition) is 3. The van der Waals surface area contributed by atoms with Crippen LogP contribution in [0.4, 0.5) is 5.69 Å². The van der Waals surface area contributed by atoms with Gasteiger partial charge in [-0.05, 0) is 17.7 Å². The number of carbonyl (C=O) groups is 1. The first-order valence-corrected chi connectivity index (χ1v) is 5.78. The number of hydrogen-bond donors (Lipinski definition) is 3. The van der Waals surface area contributed by atoms with E-state index < -0.39 is 0 Å². The van der Waals surface area contributed by atoms with Gasteiger partial charge in [0, 0.05) is 18.9 Å². The Morgan fingerprint density at radius 3 is 2.72 bits per heavy atom. The highest BCUT2D eigenvalue weighted by atomic mass is 16.1. The van der Waals surface area contributed by atoms with Gasteiger partial charge in [-0.1, -0.05) is 12.1 Å². The molecule has 0 saturated heterocycles. The van der Waals surface area contributed by atoms with Crippen LogP contribution in [0.1, 0.15) is 11.3 Å². The van der Waals surface area contributed by atoms with Gasteiger partial charge in [0.2, 0.25) is 5.91 Å². The second-order valence-corrected chi connectivity index (χ2v) is 3.98. The summed E-state index contributed by atoms with van der Waals surface area (Å²) >= 11 is 0. The maximum atomic E-state index is 11.2. The highest BCUT2D eigenvalue weighted by molar-refractivity contribution is 5.78. The van der Waals surface area contributed by atoms with E-state index in [0.717, 1.165) is 16.9 Å². The number of anilines is 1. The SMILES string of the molecule is CNC(=O)Cc1ccc(NCc2cnc[nH]2)cc1. The predicted octanol–water partition coefficient (Wildman–Crippen LogP) is 1.31. The molecule has 1 heterocycles. The van der Waals surface area contributed by atoms with Crippen molar-refractivity contribution in [1.82, 2.24) is 15.3 Å². The van der Waals surface area contributed by atoms with E-state index in [1.807, 2.05) is 24.3 Å². The van der Waals surface area contributed by atoms with Crippen LogP contribution in [0.2, 0.25) is 0 Å². The number of aromatic amines is 1. The van der Waals surface area contributed by atoms with Gasteiger partial charge < -0.3 is 15.6 Å². The van der Waals surface area contributed by atoms with Gasteiger partial charge >= 0.3 is 0 Å². The minimum atomic E-state index is 0.0215. The van der Waals surface area contributed by atoms with Gasteiger partial charge in [-0.25, -0.2) is 4.98 Å². The van der Waals surface area contributed by atoms with Crippen molar-refractivity contribution in [3.8, 4) is 0 Å². The fraction of sp³-hybridized carbons (Fsp3) is 0.231. The van der Waals surface area contributed by atoms with Gasteiger partial charge in [-0.15, -0.1) is 0 Å². The summed E-state index contributed by atoms with van der Waals surface area (Å²) in [5, 5.41) is 5.88. The molecule has 5 nitrogen and oxygen atoms in total. The Kier molecular flexibility index (Phi) is 3.96. The molecule has 18 heavy (non-hydrogen) atoms. The molecule has 0 aliphatic rings. The first kappa shape index (κ1) is 12.2. The van der Waals surface area contributed by atoms with Crippen LogP contribution < -0.4 is 10.6 Å². The molecule has 1 aromatic carbocycles. The molecular weight excluding hydrogens is 228 g/mol. The number of H-pyrrole nitrogens is 1. The third-order valence-corrected chi connectivity index (χ3v) is 2.64. The van der Waals surface area contributed by atoms with E-state index in [1.54, 1.807) is 19.6 Å². The lowest BCUT2D eigenvalue weighted by molar-refractivity contribution is -0.119. The van der Waals surface area contributed by atoms with Crippen LogP contribution in [-0.2, 0) is 17.8 Å². The number of nitrogens with one attached hydrogen (secondary N) is 3. The zero-order valence-electron chi connectivity index (χ0n) is 10.2. The maximum Gasteiger partial charge on any atom is 0.224 e. The number of rotatable bonds is 5. The average Bonchev–Trinajstić information content (AvgIpc) is 2.91. The fourth-order valence-electron chi connectivity index (χ4n) is 1.59. The normalized spacial score (nSPS) is 10.1. The molecule has 0 spiro atoms. The number of benzene rings is 1. The maximum absolute atomic E-state index is 11.2. The summed E-state index contributed by atoms with van der Waals surface area (Å²) < 4.78 is 0. The topological polar surface area (TPSA) is 69.8 Å². The molecule has 1 amide bonds. The fourth-order valence-corrected chi connectivity index (χ4v) is 1.59. The summed E-state index contributed by atoms with van der Waals surface area (Å²) in [4.78, 5) is 18.2. The highest BCUT2D eigenvalue weighted by Crippen LogP contribution is 2.11. The molecule has 0 atom stereocenters. The van der Waals surface area contributed by atoms with E-state index >= 15 is 0 Å². The average molecular weight is 244 g/mol. The second-order valence-electron chi connectivity index (χ2n) is 3.98. The Labute approximate surface area is 106 Å². The molecule has 0 saturated carbocycles. The van der Waals surface area contributed by atoms with Gasteiger partial charge in [0.1, 0.15) is 0 Å². The molecule has 5 heteroatoms. The van der Waals surface area contributed by atoms with Crippen LogP contribution in [0.15, 0.2) is 36.8 Å². The molecule has 94 valence electrons. The summed E-state index contributed by atoms with van der Waals surface area (Å²) in [6.07, 6.45) is 3.85. The number of carbonyl (C=O) groups excluding carboxylic acids is 1. The summed E-state index contributed by atoms with van der Waals surface area (Å²) in [7, 11) is 1.64. The minimum Gasteiger partial charge on any atom is -0.379 e. The van der Waals surface area contributed by atoms with E-state index in [9.17, 15) is 4.79 Å². The largest absolute Gasteiger partial charge is 0.379 e. The van der Waals surface area contributed by atoms with Crippen LogP contribution in [0.5, 0.6) is 0 Å². The zero-order chi connectivity index (χ0) is 12.8. The molecule has 0 aliphatic carbocycles. The first-order chi connectivity index (χ1) is 8.78. The van der Waals surface area contributed by atoms with Crippen molar-refractivity contribution in [2.24, 2.45) is 0 Å². The van der Waals surface area contributed by atoms with Crippen molar-refractivity contribution in [2.45, 2.75) is 13.0 Å². The lowest BCUT2D eigenvalue weighted by atomic mass is 10.1. The van der Waals surface area contributed by atoms with Crippen molar-refractivity contribution in [2.75, 3.05) is 12.4 Å². The van der Waals surface area contributed by atoms with Crippen LogP contribution in [0, 0.1) is 0 Å². The van der Waals surface area contributed by atoms with Crippen molar-refractivity contribution in [1.29, 1.82) is 0 Å². The number of aromatic nitrogens is 2. The Bertz CT molecular complexity index is 490. The van der Waals surface area contributed by atoms with Crippen LogP contribution in [0.3, 0.4) is 0 Å². The molecule has 0 radical (unpaired) electrons. The minimum absolute atomic E-state index is 0.0215. The van der Waals surface area contributed by atoms with Gasteiger partial charge in [0.05, 0.1) is 25.0 Å². The summed E-state index contributed by atoms with van der Waals surface area (Å²) in [6, 6.07) is 7.83. The van der Waals surface area contributed by atoms with Gasteiger partial charge in [-0.2, -0.15) is 0 Å². The Morgan fingerprint density at radius 2 is 2.11 bits per heavy atom. The van der Waals surface area contributed by atoms with Crippen molar-refractivity contribution in [3.63, 3.8) is 0 Å². The van der Waals surface area contributed by atoms with Crippen LogP contribution in [0.25, 0.3) is 0 Å². The molecule has 1 aromatic heterocycles. The van der Waals surface area contributed by atoms with Crippen molar-refractivity contribution in [3.05, 3.63) is 48.0 Å². The van der Waals surface area contributed by atoms with E-state index in [0.29, 0.717) is 13.0 Å². The second kappa shape index (κ2) is 5.86. The lowest BCUT2D eigenvalue weighted by Gasteiger charge is -2.06. The number of imidazole rings is 1. The number of nitrogens with zero attached hydrogens (tertiary/aromatic N) is 1. The van der Waals surface area contributed by atoms with Gasteiger partial charge in [0.25, 0.3) is 0 Å². The number of amides is 1. The molecule has 0 aliphatic heterocycles. The van der Waals surface area contributed by atoms with Gasteiger partial charge in [-0.3, -0.25) is 4.79 Å². The zero-order valence-corrected chi connectivity index (χ0v) is 10.2. The molecule has 0 bridgehead atoms.